The van der Waals surface area contributed by atoms with Crippen molar-refractivity contribution < 1.29 is 24.9 Å². The van der Waals surface area contributed by atoms with Crippen LogP contribution >= 0.6 is 22.7 Å². The average Bonchev–Trinajstić information content (AvgIpc) is 4.03. The number of phenols is 1. The van der Waals surface area contributed by atoms with Crippen LogP contribution in [0, 0.1) is 6.92 Å². The SMILES string of the molecule is Cc1ccc(C(O)(C(=O)O[C@H]2CC[C@H](N(C)CCCn3nnc4cc(CNC[C@H](O)c5ccc(O)c6[nH]c(=O)ccc56)c5nn[nH]c5c43)CC2)c2cccs2)s1. The molecular weight excluding hydrogens is 755 g/mol. The molecule has 7 aromatic rings. The van der Waals surface area contributed by atoms with Crippen LogP contribution in [0.2, 0.25) is 0 Å². The molecule has 0 saturated heterocycles. The van der Waals surface area contributed by atoms with Crippen molar-refractivity contribution in [2.24, 2.45) is 0 Å². The van der Waals surface area contributed by atoms with Gasteiger partial charge in [-0.25, -0.2) is 9.48 Å². The van der Waals surface area contributed by atoms with Crippen molar-refractivity contribution in [3.63, 3.8) is 0 Å². The Labute approximate surface area is 328 Å². The van der Waals surface area contributed by atoms with E-state index < -0.39 is 17.7 Å². The molecule has 2 aromatic carbocycles. The number of nitrogens with one attached hydrogen (secondary N) is 3. The van der Waals surface area contributed by atoms with Gasteiger partial charge in [0, 0.05) is 42.0 Å². The summed E-state index contributed by atoms with van der Waals surface area (Å²) >= 11 is 2.76. The van der Waals surface area contributed by atoms with Crippen molar-refractivity contribution in [2.75, 3.05) is 20.1 Å². The van der Waals surface area contributed by atoms with Crippen LogP contribution in [-0.2, 0) is 28.2 Å². The molecule has 5 heterocycles. The number of carbonyl (C=O) groups is 1. The molecule has 6 N–H and O–H groups in total. The third kappa shape index (κ3) is 7.33. The lowest BCUT2D eigenvalue weighted by Crippen LogP contribution is -2.42. The second kappa shape index (κ2) is 15.8. The van der Waals surface area contributed by atoms with Crippen LogP contribution in [0.3, 0.4) is 0 Å². The van der Waals surface area contributed by atoms with Gasteiger partial charge >= 0.3 is 5.97 Å². The minimum Gasteiger partial charge on any atom is -0.506 e. The quantitative estimate of drug-likeness (QED) is 0.0835. The first-order valence-electron chi connectivity index (χ1n) is 18.6. The molecule has 0 bridgehead atoms. The molecule has 8 rings (SSSR count). The summed E-state index contributed by atoms with van der Waals surface area (Å²) in [6.45, 7) is 4.02. The first kappa shape index (κ1) is 37.9. The zero-order chi connectivity index (χ0) is 39.0. The molecule has 1 fully saturated rings. The maximum absolute atomic E-state index is 13.5. The number of aromatic hydroxyl groups is 1. The summed E-state index contributed by atoms with van der Waals surface area (Å²) in [4.78, 5) is 32.5. The van der Waals surface area contributed by atoms with Gasteiger partial charge in [0.1, 0.15) is 33.9 Å². The number of pyridine rings is 1. The van der Waals surface area contributed by atoms with E-state index in [4.69, 9.17) is 4.74 Å². The molecule has 1 unspecified atom stereocenters. The number of fused-ring (bicyclic) bond motifs is 4. The number of hydrogen-bond donors (Lipinski definition) is 6. The molecule has 1 aliphatic carbocycles. The van der Waals surface area contributed by atoms with Gasteiger partial charge in [-0.05, 0) is 106 Å². The minimum absolute atomic E-state index is 0.0614. The van der Waals surface area contributed by atoms with Crippen molar-refractivity contribution in [1.29, 1.82) is 0 Å². The molecule has 56 heavy (non-hydrogen) atoms. The van der Waals surface area contributed by atoms with E-state index in [-0.39, 0.29) is 29.5 Å². The largest absolute Gasteiger partial charge is 0.506 e. The highest BCUT2D eigenvalue weighted by Gasteiger charge is 2.45. The Balaban J connectivity index is 0.847. The summed E-state index contributed by atoms with van der Waals surface area (Å²) in [5.41, 5.74) is 2.52. The molecule has 1 aliphatic rings. The van der Waals surface area contributed by atoms with Gasteiger partial charge in [0.2, 0.25) is 11.2 Å². The van der Waals surface area contributed by atoms with Gasteiger partial charge in [-0.1, -0.05) is 22.6 Å². The van der Waals surface area contributed by atoms with Crippen molar-refractivity contribution in [3.05, 3.63) is 96.1 Å². The number of aliphatic hydroxyl groups excluding tert-OH is 1. The zero-order valence-electron chi connectivity index (χ0n) is 30.9. The Morgan fingerprint density at radius 3 is 2.71 bits per heavy atom. The summed E-state index contributed by atoms with van der Waals surface area (Å²) in [5, 5.41) is 59.0. The van der Waals surface area contributed by atoms with Gasteiger partial charge in [-0.2, -0.15) is 0 Å². The van der Waals surface area contributed by atoms with Crippen LogP contribution in [0.4, 0.5) is 0 Å². The lowest BCUT2D eigenvalue weighted by molar-refractivity contribution is -0.169. The van der Waals surface area contributed by atoms with Gasteiger partial charge in [0.05, 0.1) is 21.4 Å². The number of esters is 1. The van der Waals surface area contributed by atoms with E-state index >= 15 is 0 Å². The number of aryl methyl sites for hydroxylation is 2. The summed E-state index contributed by atoms with van der Waals surface area (Å²) in [5.74, 6) is -0.670. The maximum atomic E-state index is 13.5. The van der Waals surface area contributed by atoms with Gasteiger partial charge < -0.3 is 35.3 Å². The smallest absolute Gasteiger partial charge is 0.349 e. The van der Waals surface area contributed by atoms with Gasteiger partial charge in [-0.15, -0.1) is 32.9 Å². The molecule has 15 nitrogen and oxygen atoms in total. The molecule has 0 spiro atoms. The maximum Gasteiger partial charge on any atom is 0.349 e. The van der Waals surface area contributed by atoms with E-state index in [1.165, 1.54) is 34.8 Å². The number of aromatic amines is 2. The molecule has 0 radical (unpaired) electrons. The van der Waals surface area contributed by atoms with Crippen molar-refractivity contribution in [2.45, 2.75) is 76.0 Å². The van der Waals surface area contributed by atoms with Gasteiger partial charge in [-0.3, -0.25) is 9.89 Å². The number of thiophene rings is 2. The van der Waals surface area contributed by atoms with Crippen molar-refractivity contribution >= 4 is 61.6 Å². The number of H-pyrrole nitrogens is 2. The van der Waals surface area contributed by atoms with Crippen LogP contribution < -0.4 is 10.9 Å². The van der Waals surface area contributed by atoms with Crippen LogP contribution in [0.1, 0.15) is 64.0 Å². The van der Waals surface area contributed by atoms with Gasteiger partial charge in [0.25, 0.3) is 0 Å². The van der Waals surface area contributed by atoms with E-state index in [1.807, 2.05) is 41.3 Å². The summed E-state index contributed by atoms with van der Waals surface area (Å²) < 4.78 is 7.87. The average molecular weight is 798 g/mol. The number of carbonyl (C=O) groups excluding carboxylic acids is 1. The Bertz CT molecular complexity index is 2540. The third-order valence-corrected chi connectivity index (χ3v) is 12.9. The molecule has 292 valence electrons. The highest BCUT2D eigenvalue weighted by molar-refractivity contribution is 7.13. The fourth-order valence-corrected chi connectivity index (χ4v) is 9.60. The van der Waals surface area contributed by atoms with E-state index in [0.717, 1.165) is 60.1 Å². The Morgan fingerprint density at radius 1 is 1.11 bits per heavy atom. The van der Waals surface area contributed by atoms with E-state index in [9.17, 15) is 24.9 Å². The second-order valence-electron chi connectivity index (χ2n) is 14.5. The van der Waals surface area contributed by atoms with Crippen LogP contribution in [-0.4, -0.2) is 93.9 Å². The normalized spacial score (nSPS) is 17.9. The second-order valence-corrected chi connectivity index (χ2v) is 16.7. The third-order valence-electron chi connectivity index (χ3n) is 10.8. The number of rotatable bonds is 14. The molecule has 5 aromatic heterocycles. The lowest BCUT2D eigenvalue weighted by Gasteiger charge is -2.35. The number of aromatic nitrogens is 7. The van der Waals surface area contributed by atoms with Crippen molar-refractivity contribution in [3.8, 4) is 5.75 Å². The molecule has 0 amide bonds. The standard InChI is InChI=1S/C39H43N9O6S2/c1-22-6-14-32(56-22)39(53,31-5-3-18-55-31)38(52)54-25-9-7-24(8-10-25)47(2)16-4-17-48-37-28(42-46-48)19-23(34-36(37)44-45-43-34)20-40-21-30(50)26-11-13-29(49)35-27(26)12-15-33(51)41-35/h3,5-6,11-15,18-19,24-25,30,40,49-50,53H,4,7-10,16-17,20-21H2,1-2H3,(H,41,51)(H,43,44,45)/t24-,25-,30-,39?/m0/s1. The Hall–Kier alpha value is -5.04. The van der Waals surface area contributed by atoms with E-state index in [2.05, 4.69) is 48.0 Å². The zero-order valence-corrected chi connectivity index (χ0v) is 32.6. The number of phenolic OH excluding ortho intramolecular Hbond substituents is 1. The number of aliphatic hydroxyl groups is 2. The molecule has 17 heteroatoms. The van der Waals surface area contributed by atoms with Gasteiger partial charge in [0.15, 0.2) is 0 Å². The van der Waals surface area contributed by atoms with E-state index in [1.54, 1.807) is 18.2 Å². The fourth-order valence-electron chi connectivity index (χ4n) is 7.76. The highest BCUT2D eigenvalue weighted by Crippen LogP contribution is 2.39. The fraction of sp³-hybridized carbons (Fsp3) is 0.385. The van der Waals surface area contributed by atoms with Crippen molar-refractivity contribution in [1.82, 2.24) is 45.6 Å². The predicted octanol–water partition coefficient (Wildman–Crippen LogP) is 4.62. The topological polar surface area (TPSA) is 207 Å². The van der Waals surface area contributed by atoms with Crippen LogP contribution in [0.5, 0.6) is 5.75 Å². The summed E-state index contributed by atoms with van der Waals surface area (Å²) in [7, 11) is 2.13. The van der Waals surface area contributed by atoms with E-state index in [0.29, 0.717) is 50.9 Å². The number of ether oxygens (including phenoxy) is 1. The summed E-state index contributed by atoms with van der Waals surface area (Å²) in [6, 6.07) is 15.7. The number of benzene rings is 2. The highest BCUT2D eigenvalue weighted by atomic mass is 32.1. The first-order chi connectivity index (χ1) is 27.1. The molecule has 2 atom stereocenters. The minimum atomic E-state index is -1.80. The first-order valence-corrected chi connectivity index (χ1v) is 20.3. The molecular formula is C39H43N9O6S2. The predicted molar refractivity (Wildman–Crippen MR) is 214 cm³/mol. The Morgan fingerprint density at radius 2 is 1.95 bits per heavy atom. The summed E-state index contributed by atoms with van der Waals surface area (Å²) in [6.07, 6.45) is 2.92. The lowest BCUT2D eigenvalue weighted by atomic mass is 9.91. The molecule has 0 aliphatic heterocycles. The molecule has 1 saturated carbocycles. The monoisotopic (exact) mass is 797 g/mol. The number of nitrogens with zero attached hydrogens (tertiary/aromatic N) is 6. The van der Waals surface area contributed by atoms with Crippen LogP contribution in [0.25, 0.3) is 33.0 Å². The number of hydrogen-bond acceptors (Lipinski definition) is 14. The van der Waals surface area contributed by atoms with Crippen LogP contribution in [0.15, 0.2) is 64.8 Å². The Kier molecular flexibility index (Phi) is 10.7.